The van der Waals surface area contributed by atoms with Crippen molar-refractivity contribution in [1.29, 1.82) is 0 Å². The topological polar surface area (TPSA) is 69.6 Å². The fourth-order valence-electron chi connectivity index (χ4n) is 2.66. The first-order valence-electron chi connectivity index (χ1n) is 7.33. The van der Waals surface area contributed by atoms with Crippen LogP contribution in [0.4, 0.5) is 4.79 Å². The number of carboxylic acids is 1. The molecule has 0 fully saturated rings. The van der Waals surface area contributed by atoms with Crippen LogP contribution < -0.4 is 5.32 Å². The van der Waals surface area contributed by atoms with Gasteiger partial charge in [-0.15, -0.1) is 0 Å². The third-order valence-corrected chi connectivity index (χ3v) is 4.02. The minimum Gasteiger partial charge on any atom is -0.478 e. The summed E-state index contributed by atoms with van der Waals surface area (Å²) in [4.78, 5) is 25.0. The van der Waals surface area contributed by atoms with Gasteiger partial charge in [0, 0.05) is 19.1 Å². The number of carbonyl (C=O) groups excluding carboxylic acids is 1. The number of nitrogens with one attached hydrogen (secondary N) is 1. The van der Waals surface area contributed by atoms with Crippen molar-refractivity contribution in [1.82, 2.24) is 10.2 Å². The van der Waals surface area contributed by atoms with E-state index in [4.69, 9.17) is 5.11 Å². The normalized spacial score (nSPS) is 15.0. The molecule has 0 aliphatic carbocycles. The molecule has 1 unspecified atom stereocenters. The van der Waals surface area contributed by atoms with E-state index in [9.17, 15) is 9.59 Å². The number of hydrogen-bond acceptors (Lipinski definition) is 2. The van der Waals surface area contributed by atoms with Crippen LogP contribution in [0, 0.1) is 5.92 Å². The highest BCUT2D eigenvalue weighted by Gasteiger charge is 2.26. The minimum absolute atomic E-state index is 0.0800. The maximum atomic E-state index is 12.3. The highest BCUT2D eigenvalue weighted by molar-refractivity contribution is 5.88. The van der Waals surface area contributed by atoms with Crippen molar-refractivity contribution in [2.45, 2.75) is 46.3 Å². The number of hydrogen-bond donors (Lipinski definition) is 2. The maximum absolute atomic E-state index is 12.3. The zero-order valence-electron chi connectivity index (χ0n) is 12.7. The average molecular weight is 290 g/mol. The second kappa shape index (κ2) is 6.16. The summed E-state index contributed by atoms with van der Waals surface area (Å²) in [5.74, 6) is -0.547. The lowest BCUT2D eigenvalue weighted by atomic mass is 10.0. The molecular weight excluding hydrogens is 268 g/mol. The number of nitrogens with zero attached hydrogens (tertiary/aromatic N) is 1. The van der Waals surface area contributed by atoms with Crippen LogP contribution in [-0.2, 0) is 13.1 Å². The van der Waals surface area contributed by atoms with E-state index in [2.05, 4.69) is 26.1 Å². The van der Waals surface area contributed by atoms with Gasteiger partial charge in [0.05, 0.1) is 5.56 Å². The van der Waals surface area contributed by atoms with Gasteiger partial charge in [0.15, 0.2) is 0 Å². The molecule has 1 aromatic rings. The van der Waals surface area contributed by atoms with Gasteiger partial charge in [0.2, 0.25) is 0 Å². The van der Waals surface area contributed by atoms with Crippen LogP contribution in [0.1, 0.15) is 48.7 Å². The Labute approximate surface area is 125 Å². The van der Waals surface area contributed by atoms with E-state index in [0.717, 1.165) is 17.5 Å². The monoisotopic (exact) mass is 290 g/mol. The number of rotatable bonds is 4. The lowest BCUT2D eigenvalue weighted by Gasteiger charge is -2.24. The van der Waals surface area contributed by atoms with Crippen molar-refractivity contribution in [3.63, 3.8) is 0 Å². The molecule has 1 aliphatic heterocycles. The lowest BCUT2D eigenvalue weighted by Crippen LogP contribution is -2.44. The molecule has 2 rings (SSSR count). The summed E-state index contributed by atoms with van der Waals surface area (Å²) in [6.45, 7) is 7.24. The second-order valence-electron chi connectivity index (χ2n) is 5.85. The predicted molar refractivity (Wildman–Crippen MR) is 80.1 cm³/mol. The van der Waals surface area contributed by atoms with E-state index in [-0.39, 0.29) is 17.6 Å². The standard InChI is InChI=1S/C16H22N2O3/c1-4-14(10(2)3)17-16(21)18-8-12-6-5-11(15(19)20)7-13(12)9-18/h5-7,10,14H,4,8-9H2,1-3H3,(H,17,21)(H,19,20). The van der Waals surface area contributed by atoms with Crippen LogP contribution >= 0.6 is 0 Å². The summed E-state index contributed by atoms with van der Waals surface area (Å²) >= 11 is 0. The molecule has 2 amide bonds. The van der Waals surface area contributed by atoms with Crippen LogP contribution in [-0.4, -0.2) is 28.0 Å². The molecule has 2 N–H and O–H groups in total. The maximum Gasteiger partial charge on any atom is 0.335 e. The molecule has 1 heterocycles. The molecule has 1 atom stereocenters. The molecule has 0 saturated heterocycles. The van der Waals surface area contributed by atoms with Gasteiger partial charge < -0.3 is 15.3 Å². The first-order valence-corrected chi connectivity index (χ1v) is 7.33. The Morgan fingerprint density at radius 1 is 1.29 bits per heavy atom. The van der Waals surface area contributed by atoms with Crippen LogP contribution in [0.2, 0.25) is 0 Å². The first-order chi connectivity index (χ1) is 9.92. The van der Waals surface area contributed by atoms with Crippen LogP contribution in [0.5, 0.6) is 0 Å². The molecule has 1 aliphatic rings. The molecule has 0 spiro atoms. The summed E-state index contributed by atoms with van der Waals surface area (Å²) in [6, 6.07) is 5.13. The number of aromatic carboxylic acids is 1. The Bertz CT molecular complexity index is 554. The lowest BCUT2D eigenvalue weighted by molar-refractivity contribution is 0.0696. The van der Waals surface area contributed by atoms with Gasteiger partial charge in [-0.1, -0.05) is 26.8 Å². The number of benzene rings is 1. The van der Waals surface area contributed by atoms with Crippen molar-refractivity contribution in [2.24, 2.45) is 5.92 Å². The van der Waals surface area contributed by atoms with E-state index in [1.807, 2.05) is 0 Å². The number of carbonyl (C=O) groups is 2. The Kier molecular flexibility index (Phi) is 4.50. The number of fused-ring (bicyclic) bond motifs is 1. The molecule has 21 heavy (non-hydrogen) atoms. The quantitative estimate of drug-likeness (QED) is 0.896. The van der Waals surface area contributed by atoms with Crippen LogP contribution in [0.3, 0.4) is 0 Å². The zero-order valence-corrected chi connectivity index (χ0v) is 12.7. The fourth-order valence-corrected chi connectivity index (χ4v) is 2.66. The summed E-state index contributed by atoms with van der Waals surface area (Å²) in [5, 5.41) is 12.1. The van der Waals surface area contributed by atoms with Gasteiger partial charge in [-0.05, 0) is 35.6 Å². The number of amides is 2. The van der Waals surface area contributed by atoms with Crippen molar-refractivity contribution in [2.75, 3.05) is 0 Å². The molecule has 0 saturated carbocycles. The SMILES string of the molecule is CCC(NC(=O)N1Cc2ccc(C(=O)O)cc2C1)C(C)C. The van der Waals surface area contributed by atoms with Crippen molar-refractivity contribution in [3.05, 3.63) is 34.9 Å². The van der Waals surface area contributed by atoms with Gasteiger partial charge in [-0.3, -0.25) is 0 Å². The Morgan fingerprint density at radius 2 is 1.95 bits per heavy atom. The van der Waals surface area contributed by atoms with Gasteiger partial charge in [-0.25, -0.2) is 9.59 Å². The molecule has 1 aromatic carbocycles. The third kappa shape index (κ3) is 3.35. The number of carboxylic acid groups (broad SMARTS) is 1. The van der Waals surface area contributed by atoms with E-state index in [1.54, 1.807) is 23.1 Å². The smallest absolute Gasteiger partial charge is 0.335 e. The Morgan fingerprint density at radius 3 is 2.52 bits per heavy atom. The van der Waals surface area contributed by atoms with E-state index < -0.39 is 5.97 Å². The molecule has 5 nitrogen and oxygen atoms in total. The van der Waals surface area contributed by atoms with Gasteiger partial charge in [-0.2, -0.15) is 0 Å². The van der Waals surface area contributed by atoms with Gasteiger partial charge >= 0.3 is 12.0 Å². The summed E-state index contributed by atoms with van der Waals surface area (Å²) in [5.41, 5.74) is 2.21. The highest BCUT2D eigenvalue weighted by Crippen LogP contribution is 2.24. The molecule has 0 radical (unpaired) electrons. The van der Waals surface area contributed by atoms with E-state index in [1.165, 1.54) is 0 Å². The largest absolute Gasteiger partial charge is 0.478 e. The third-order valence-electron chi connectivity index (χ3n) is 4.02. The molecule has 0 aromatic heterocycles. The first kappa shape index (κ1) is 15.4. The van der Waals surface area contributed by atoms with Crippen molar-refractivity contribution >= 4 is 12.0 Å². The molecule has 114 valence electrons. The average Bonchev–Trinajstić information content (AvgIpc) is 2.86. The Balaban J connectivity index is 2.05. The van der Waals surface area contributed by atoms with E-state index in [0.29, 0.717) is 19.0 Å². The minimum atomic E-state index is -0.938. The fraction of sp³-hybridized carbons (Fsp3) is 0.500. The van der Waals surface area contributed by atoms with Crippen LogP contribution in [0.25, 0.3) is 0 Å². The highest BCUT2D eigenvalue weighted by atomic mass is 16.4. The second-order valence-corrected chi connectivity index (χ2v) is 5.85. The van der Waals surface area contributed by atoms with Crippen molar-refractivity contribution < 1.29 is 14.7 Å². The zero-order chi connectivity index (χ0) is 15.6. The predicted octanol–water partition coefficient (Wildman–Crippen LogP) is 2.84. The van der Waals surface area contributed by atoms with Crippen molar-refractivity contribution in [3.8, 4) is 0 Å². The number of urea groups is 1. The summed E-state index contributed by atoms with van der Waals surface area (Å²) in [6.07, 6.45) is 0.896. The Hall–Kier alpha value is -2.04. The van der Waals surface area contributed by atoms with Crippen LogP contribution in [0.15, 0.2) is 18.2 Å². The summed E-state index contributed by atoms with van der Waals surface area (Å²) in [7, 11) is 0. The molecule has 0 bridgehead atoms. The van der Waals surface area contributed by atoms with Gasteiger partial charge in [0.1, 0.15) is 0 Å². The summed E-state index contributed by atoms with van der Waals surface area (Å²) < 4.78 is 0. The molecular formula is C16H22N2O3. The molecule has 5 heteroatoms. The van der Waals surface area contributed by atoms with Gasteiger partial charge in [0.25, 0.3) is 0 Å². The van der Waals surface area contributed by atoms with E-state index >= 15 is 0 Å².